The maximum Gasteiger partial charge on any atom is 0.223 e. The molecule has 110 valence electrons. The van der Waals surface area contributed by atoms with Crippen molar-refractivity contribution in [1.82, 2.24) is 9.80 Å². The molecule has 0 saturated carbocycles. The maximum atomic E-state index is 12.3. The molecule has 0 radical (unpaired) electrons. The van der Waals surface area contributed by atoms with Crippen LogP contribution in [0.5, 0.6) is 0 Å². The zero-order valence-electron chi connectivity index (χ0n) is 13.1. The number of hydrogen-bond acceptors (Lipinski definition) is 2. The number of carbonyl (C=O) groups excluding carboxylic acids is 1. The van der Waals surface area contributed by atoms with Gasteiger partial charge in [-0.15, -0.1) is 0 Å². The van der Waals surface area contributed by atoms with Crippen molar-refractivity contribution in [3.05, 3.63) is 0 Å². The van der Waals surface area contributed by atoms with Gasteiger partial charge in [0.1, 0.15) is 0 Å². The number of amides is 1. The highest BCUT2D eigenvalue weighted by molar-refractivity contribution is 5.76. The van der Waals surface area contributed by atoms with E-state index in [-0.39, 0.29) is 0 Å². The summed E-state index contributed by atoms with van der Waals surface area (Å²) >= 11 is 0. The van der Waals surface area contributed by atoms with E-state index in [4.69, 9.17) is 0 Å². The molecule has 2 fully saturated rings. The van der Waals surface area contributed by atoms with Gasteiger partial charge in [-0.05, 0) is 13.8 Å². The number of rotatable bonds is 3. The molecule has 0 spiro atoms. The summed E-state index contributed by atoms with van der Waals surface area (Å²) in [6.45, 7) is 10.8. The smallest absolute Gasteiger partial charge is 0.223 e. The molecule has 1 unspecified atom stereocenters. The third-order valence-corrected chi connectivity index (χ3v) is 4.76. The Hall–Kier alpha value is -0.610. The topological polar surface area (TPSA) is 23.6 Å². The molecule has 0 N–H and O–H groups in total. The first-order valence-corrected chi connectivity index (χ1v) is 7.71. The molecule has 0 aromatic heterocycles. The van der Waals surface area contributed by atoms with Crippen molar-refractivity contribution in [2.45, 2.75) is 32.7 Å². The standard InChI is InChI=1S/C15H30N3O/c1-13(2)16-6-8-17(9-7-16)15(19)11-14-5-10-18(3,4)12-14/h13-14H,5-12H2,1-4H3/q+1. The summed E-state index contributed by atoms with van der Waals surface area (Å²) in [5, 5.41) is 0. The lowest BCUT2D eigenvalue weighted by molar-refractivity contribution is -0.879. The minimum absolute atomic E-state index is 0.385. The molecule has 1 amide bonds. The zero-order chi connectivity index (χ0) is 14.0. The van der Waals surface area contributed by atoms with Crippen molar-refractivity contribution in [2.24, 2.45) is 5.92 Å². The Balaban J connectivity index is 1.76. The lowest BCUT2D eigenvalue weighted by Gasteiger charge is -2.37. The molecule has 2 aliphatic heterocycles. The molecule has 19 heavy (non-hydrogen) atoms. The summed E-state index contributed by atoms with van der Waals surface area (Å²) < 4.78 is 1.08. The molecule has 0 aliphatic carbocycles. The Labute approximate surface area is 117 Å². The average Bonchev–Trinajstić information content (AvgIpc) is 2.68. The predicted octanol–water partition coefficient (Wildman–Crippen LogP) is 1.03. The Bertz CT molecular complexity index is 319. The van der Waals surface area contributed by atoms with E-state index in [9.17, 15) is 4.79 Å². The van der Waals surface area contributed by atoms with Gasteiger partial charge < -0.3 is 9.38 Å². The maximum absolute atomic E-state index is 12.3. The highest BCUT2D eigenvalue weighted by Gasteiger charge is 2.33. The second-order valence-corrected chi connectivity index (χ2v) is 7.21. The van der Waals surface area contributed by atoms with Crippen LogP contribution in [0.4, 0.5) is 0 Å². The van der Waals surface area contributed by atoms with Crippen LogP contribution in [0.3, 0.4) is 0 Å². The molecule has 1 atom stereocenters. The summed E-state index contributed by atoms with van der Waals surface area (Å²) in [7, 11) is 4.54. The summed E-state index contributed by atoms with van der Waals surface area (Å²) in [6, 6.07) is 0.602. The van der Waals surface area contributed by atoms with Gasteiger partial charge in [0.25, 0.3) is 0 Å². The molecular weight excluding hydrogens is 238 g/mol. The van der Waals surface area contributed by atoms with E-state index < -0.39 is 0 Å². The van der Waals surface area contributed by atoms with Gasteiger partial charge in [-0.2, -0.15) is 0 Å². The van der Waals surface area contributed by atoms with Crippen LogP contribution in [-0.2, 0) is 4.79 Å². The van der Waals surface area contributed by atoms with Gasteiger partial charge in [0.15, 0.2) is 0 Å². The van der Waals surface area contributed by atoms with Gasteiger partial charge in [0, 0.05) is 51.0 Å². The fourth-order valence-electron chi connectivity index (χ4n) is 3.44. The SMILES string of the molecule is CC(C)N1CCN(C(=O)CC2CC[N+](C)(C)C2)CC1. The lowest BCUT2D eigenvalue weighted by Crippen LogP contribution is -2.51. The van der Waals surface area contributed by atoms with Gasteiger partial charge in [-0.3, -0.25) is 9.69 Å². The minimum Gasteiger partial charge on any atom is -0.340 e. The lowest BCUT2D eigenvalue weighted by atomic mass is 10.0. The van der Waals surface area contributed by atoms with Crippen molar-refractivity contribution in [3.63, 3.8) is 0 Å². The molecule has 4 heteroatoms. The average molecular weight is 268 g/mol. The quantitative estimate of drug-likeness (QED) is 0.714. The third kappa shape index (κ3) is 3.93. The molecule has 2 heterocycles. The van der Waals surface area contributed by atoms with Crippen LogP contribution >= 0.6 is 0 Å². The Morgan fingerprint density at radius 3 is 2.32 bits per heavy atom. The van der Waals surface area contributed by atoms with E-state index in [2.05, 4.69) is 37.7 Å². The molecule has 4 nitrogen and oxygen atoms in total. The molecule has 0 bridgehead atoms. The Morgan fingerprint density at radius 1 is 1.21 bits per heavy atom. The van der Waals surface area contributed by atoms with Gasteiger partial charge in [0.2, 0.25) is 5.91 Å². The minimum atomic E-state index is 0.385. The highest BCUT2D eigenvalue weighted by atomic mass is 16.2. The molecule has 0 aromatic carbocycles. The molecule has 2 rings (SSSR count). The number of hydrogen-bond donors (Lipinski definition) is 0. The number of carbonyl (C=O) groups is 1. The largest absolute Gasteiger partial charge is 0.340 e. The first-order chi connectivity index (χ1) is 8.87. The summed E-state index contributed by atoms with van der Waals surface area (Å²) in [6.07, 6.45) is 1.98. The van der Waals surface area contributed by atoms with E-state index in [1.165, 1.54) is 13.0 Å². The summed E-state index contributed by atoms with van der Waals surface area (Å²) in [4.78, 5) is 16.9. The first kappa shape index (κ1) is 14.8. The van der Waals surface area contributed by atoms with Crippen LogP contribution in [0.25, 0.3) is 0 Å². The number of nitrogens with zero attached hydrogens (tertiary/aromatic N) is 3. The van der Waals surface area contributed by atoms with E-state index in [1.54, 1.807) is 0 Å². The van der Waals surface area contributed by atoms with Crippen LogP contribution in [0.15, 0.2) is 0 Å². The van der Waals surface area contributed by atoms with Gasteiger partial charge in [-0.25, -0.2) is 0 Å². The highest BCUT2D eigenvalue weighted by Crippen LogP contribution is 2.24. The van der Waals surface area contributed by atoms with Crippen LogP contribution in [0, 0.1) is 5.92 Å². The number of piperazine rings is 1. The Morgan fingerprint density at radius 2 is 1.84 bits per heavy atom. The van der Waals surface area contributed by atoms with E-state index >= 15 is 0 Å². The van der Waals surface area contributed by atoms with Gasteiger partial charge in [-0.1, -0.05) is 0 Å². The summed E-state index contributed by atoms with van der Waals surface area (Å²) in [5.41, 5.74) is 0. The van der Waals surface area contributed by atoms with Crippen molar-refractivity contribution in [3.8, 4) is 0 Å². The molecule has 0 aromatic rings. The van der Waals surface area contributed by atoms with Gasteiger partial charge >= 0.3 is 0 Å². The van der Waals surface area contributed by atoms with E-state index in [0.29, 0.717) is 17.9 Å². The normalized spacial score (nSPS) is 28.1. The summed E-state index contributed by atoms with van der Waals surface area (Å²) in [5.74, 6) is 0.987. The van der Waals surface area contributed by atoms with Crippen molar-refractivity contribution >= 4 is 5.91 Å². The van der Waals surface area contributed by atoms with Gasteiger partial charge in [0.05, 0.1) is 27.2 Å². The van der Waals surface area contributed by atoms with Crippen molar-refractivity contribution in [1.29, 1.82) is 0 Å². The Kier molecular flexibility index (Phi) is 4.51. The number of quaternary nitrogens is 1. The zero-order valence-corrected chi connectivity index (χ0v) is 13.1. The van der Waals surface area contributed by atoms with E-state index in [0.717, 1.165) is 43.6 Å². The monoisotopic (exact) mass is 268 g/mol. The first-order valence-electron chi connectivity index (χ1n) is 7.71. The van der Waals surface area contributed by atoms with Crippen LogP contribution in [-0.4, -0.2) is 79.6 Å². The number of likely N-dealkylation sites (tertiary alicyclic amines) is 1. The fourth-order valence-corrected chi connectivity index (χ4v) is 3.44. The second-order valence-electron chi connectivity index (χ2n) is 7.21. The predicted molar refractivity (Wildman–Crippen MR) is 77.9 cm³/mol. The third-order valence-electron chi connectivity index (χ3n) is 4.76. The molecule has 2 saturated heterocycles. The van der Waals surface area contributed by atoms with Crippen LogP contribution in [0.2, 0.25) is 0 Å². The molecule has 2 aliphatic rings. The second kappa shape index (κ2) is 5.80. The molecular formula is C15H30N3O+. The van der Waals surface area contributed by atoms with E-state index in [1.807, 2.05) is 0 Å². The van der Waals surface area contributed by atoms with Crippen LogP contribution < -0.4 is 0 Å². The van der Waals surface area contributed by atoms with Crippen molar-refractivity contribution < 1.29 is 9.28 Å². The fraction of sp³-hybridized carbons (Fsp3) is 0.933. The van der Waals surface area contributed by atoms with Crippen molar-refractivity contribution in [2.75, 3.05) is 53.4 Å². The van der Waals surface area contributed by atoms with Crippen LogP contribution in [0.1, 0.15) is 26.7 Å².